The van der Waals surface area contributed by atoms with E-state index in [0.29, 0.717) is 11.8 Å². The van der Waals surface area contributed by atoms with Gasteiger partial charge in [-0.05, 0) is 76.2 Å². The van der Waals surface area contributed by atoms with E-state index >= 15 is 0 Å². The number of pyridine rings is 1. The summed E-state index contributed by atoms with van der Waals surface area (Å²) in [5.41, 5.74) is 3.40. The van der Waals surface area contributed by atoms with E-state index in [1.54, 1.807) is 0 Å². The van der Waals surface area contributed by atoms with Crippen LogP contribution in [0.1, 0.15) is 55.7 Å². The Labute approximate surface area is 185 Å². The fraction of sp³-hybridized carbons (Fsp3) is 0.538. The van der Waals surface area contributed by atoms with E-state index in [1.165, 1.54) is 36.9 Å². The van der Waals surface area contributed by atoms with Crippen LogP contribution in [0.2, 0.25) is 0 Å². The van der Waals surface area contributed by atoms with Crippen molar-refractivity contribution in [2.24, 2.45) is 5.92 Å². The molecule has 0 radical (unpaired) electrons. The lowest BCUT2D eigenvalue weighted by Gasteiger charge is -2.60. The highest BCUT2D eigenvalue weighted by atomic mass is 16.2. The summed E-state index contributed by atoms with van der Waals surface area (Å²) in [6.45, 7) is 1.67. The standard InChI is InChI=1S/C26H32N4O/c1-28(2)26(21-6-4-3-5-7-21)16-25(17-26)18-29(24(31)30(25)15-19-8-9-19)22-12-13-23(27-14-22)20-10-11-20/h3-7,12-14,19-20H,8-11,15-18H2,1-2H3. The van der Waals surface area contributed by atoms with Crippen LogP contribution in [0.3, 0.4) is 0 Å². The SMILES string of the molecule is CN(C)C1(c2ccccc2)CC2(CN(c3ccc(C4CC4)nc3)C(=O)N2CC2CC2)C1. The molecule has 2 aromatic rings. The summed E-state index contributed by atoms with van der Waals surface area (Å²) in [5, 5.41) is 0. The van der Waals surface area contributed by atoms with Crippen molar-refractivity contribution in [3.05, 3.63) is 59.9 Å². The van der Waals surface area contributed by atoms with Gasteiger partial charge < -0.3 is 4.90 Å². The summed E-state index contributed by atoms with van der Waals surface area (Å²) in [7, 11) is 4.36. The number of nitrogens with zero attached hydrogens (tertiary/aromatic N) is 4. The molecule has 31 heavy (non-hydrogen) atoms. The first kappa shape index (κ1) is 19.3. The second-order valence-electron chi connectivity index (χ2n) is 10.5. The molecule has 2 heterocycles. The third-order valence-corrected chi connectivity index (χ3v) is 8.11. The van der Waals surface area contributed by atoms with Crippen LogP contribution in [-0.2, 0) is 5.54 Å². The highest BCUT2D eigenvalue weighted by molar-refractivity contribution is 5.95. The summed E-state index contributed by atoms with van der Waals surface area (Å²) in [4.78, 5) is 24.9. The molecule has 4 fully saturated rings. The number of carbonyl (C=O) groups is 1. The molecule has 0 atom stereocenters. The Morgan fingerprint density at radius 2 is 1.77 bits per heavy atom. The van der Waals surface area contributed by atoms with Crippen molar-refractivity contribution in [3.63, 3.8) is 0 Å². The second kappa shape index (κ2) is 6.80. The van der Waals surface area contributed by atoms with Crippen molar-refractivity contribution in [2.45, 2.75) is 55.5 Å². The zero-order chi connectivity index (χ0) is 21.2. The molecule has 6 rings (SSSR count). The number of urea groups is 1. The third kappa shape index (κ3) is 3.08. The smallest absolute Gasteiger partial charge is 0.316 e. The quantitative estimate of drug-likeness (QED) is 0.691. The largest absolute Gasteiger partial charge is 0.325 e. The van der Waals surface area contributed by atoms with Gasteiger partial charge in [-0.1, -0.05) is 30.3 Å². The van der Waals surface area contributed by atoms with Crippen molar-refractivity contribution in [1.82, 2.24) is 14.8 Å². The van der Waals surface area contributed by atoms with Crippen LogP contribution in [0.15, 0.2) is 48.7 Å². The molecule has 5 heteroatoms. The summed E-state index contributed by atoms with van der Waals surface area (Å²) in [6.07, 6.45) is 8.91. The Kier molecular flexibility index (Phi) is 4.23. The van der Waals surface area contributed by atoms with E-state index in [4.69, 9.17) is 4.98 Å². The van der Waals surface area contributed by atoms with Crippen LogP contribution in [0, 0.1) is 5.92 Å². The maximum atomic E-state index is 13.6. The molecular formula is C26H32N4O. The molecule has 0 unspecified atom stereocenters. The average molecular weight is 417 g/mol. The number of rotatable bonds is 6. The fourth-order valence-electron chi connectivity index (χ4n) is 5.87. The van der Waals surface area contributed by atoms with Crippen molar-refractivity contribution < 1.29 is 4.79 Å². The van der Waals surface area contributed by atoms with Crippen molar-refractivity contribution in [3.8, 4) is 0 Å². The summed E-state index contributed by atoms with van der Waals surface area (Å²) in [6, 6.07) is 15.3. The molecule has 4 aliphatic rings. The molecule has 3 saturated carbocycles. The normalized spacial score (nSPS) is 30.4. The highest BCUT2D eigenvalue weighted by Crippen LogP contribution is 2.57. The van der Waals surface area contributed by atoms with Crippen LogP contribution >= 0.6 is 0 Å². The maximum absolute atomic E-state index is 13.6. The van der Waals surface area contributed by atoms with Gasteiger partial charge >= 0.3 is 6.03 Å². The van der Waals surface area contributed by atoms with Gasteiger partial charge in [0.1, 0.15) is 0 Å². The number of hydrogen-bond donors (Lipinski definition) is 0. The fourth-order valence-corrected chi connectivity index (χ4v) is 5.87. The van der Waals surface area contributed by atoms with E-state index in [1.807, 2.05) is 11.1 Å². The van der Waals surface area contributed by atoms with Crippen LogP contribution in [0.5, 0.6) is 0 Å². The predicted molar refractivity (Wildman–Crippen MR) is 122 cm³/mol. The first-order chi connectivity index (χ1) is 15.0. The third-order valence-electron chi connectivity index (χ3n) is 8.11. The molecule has 3 aliphatic carbocycles. The molecule has 1 saturated heterocycles. The van der Waals surface area contributed by atoms with Crippen molar-refractivity contribution >= 4 is 11.7 Å². The van der Waals surface area contributed by atoms with Gasteiger partial charge in [-0.25, -0.2) is 4.79 Å². The number of aromatic nitrogens is 1. The zero-order valence-electron chi connectivity index (χ0n) is 18.6. The number of hydrogen-bond acceptors (Lipinski definition) is 3. The van der Waals surface area contributed by atoms with E-state index in [0.717, 1.165) is 31.6 Å². The minimum absolute atomic E-state index is 0.00652. The first-order valence-corrected chi connectivity index (χ1v) is 11.8. The number of benzene rings is 1. The molecule has 1 aromatic heterocycles. The minimum Gasteiger partial charge on any atom is -0.316 e. The zero-order valence-corrected chi connectivity index (χ0v) is 18.6. The molecule has 5 nitrogen and oxygen atoms in total. The van der Waals surface area contributed by atoms with Crippen LogP contribution in [0.25, 0.3) is 0 Å². The summed E-state index contributed by atoms with van der Waals surface area (Å²) in [5.74, 6) is 1.32. The van der Waals surface area contributed by atoms with Gasteiger partial charge in [0.15, 0.2) is 0 Å². The van der Waals surface area contributed by atoms with Gasteiger partial charge in [-0.2, -0.15) is 0 Å². The predicted octanol–water partition coefficient (Wildman–Crippen LogP) is 4.60. The van der Waals surface area contributed by atoms with E-state index in [9.17, 15) is 4.79 Å². The van der Waals surface area contributed by atoms with Gasteiger partial charge in [0.25, 0.3) is 0 Å². The van der Waals surface area contributed by atoms with Crippen LogP contribution in [-0.4, -0.2) is 53.5 Å². The van der Waals surface area contributed by atoms with Gasteiger partial charge in [0.05, 0.1) is 29.5 Å². The highest BCUT2D eigenvalue weighted by Gasteiger charge is 2.65. The summed E-state index contributed by atoms with van der Waals surface area (Å²) >= 11 is 0. The van der Waals surface area contributed by atoms with Gasteiger partial charge in [0, 0.05) is 18.2 Å². The molecule has 162 valence electrons. The number of amides is 2. The van der Waals surface area contributed by atoms with E-state index < -0.39 is 0 Å². The Morgan fingerprint density at radius 3 is 2.35 bits per heavy atom. The van der Waals surface area contributed by atoms with Gasteiger partial charge in [-0.3, -0.25) is 14.8 Å². The topological polar surface area (TPSA) is 39.7 Å². The Balaban J connectivity index is 1.31. The Hall–Kier alpha value is -2.40. The van der Waals surface area contributed by atoms with Crippen LogP contribution in [0.4, 0.5) is 10.5 Å². The second-order valence-corrected chi connectivity index (χ2v) is 10.5. The maximum Gasteiger partial charge on any atom is 0.325 e. The Morgan fingerprint density at radius 1 is 1.03 bits per heavy atom. The summed E-state index contributed by atoms with van der Waals surface area (Å²) < 4.78 is 0. The van der Waals surface area contributed by atoms with Crippen LogP contribution < -0.4 is 4.90 Å². The lowest BCUT2D eigenvalue weighted by molar-refractivity contribution is -0.0680. The average Bonchev–Trinajstić information content (AvgIpc) is 3.67. The first-order valence-electron chi connectivity index (χ1n) is 11.8. The van der Waals surface area contributed by atoms with E-state index in [-0.39, 0.29) is 17.1 Å². The van der Waals surface area contributed by atoms with Gasteiger partial charge in [0.2, 0.25) is 0 Å². The molecule has 0 bridgehead atoms. The lowest BCUT2D eigenvalue weighted by atomic mass is 9.58. The number of carbonyl (C=O) groups excluding carboxylic acids is 1. The molecular weight excluding hydrogens is 384 g/mol. The molecule has 1 aromatic carbocycles. The molecule has 1 spiro atoms. The molecule has 0 N–H and O–H groups in total. The van der Waals surface area contributed by atoms with Gasteiger partial charge in [-0.15, -0.1) is 0 Å². The van der Waals surface area contributed by atoms with Crippen molar-refractivity contribution in [1.29, 1.82) is 0 Å². The molecule has 2 amide bonds. The van der Waals surface area contributed by atoms with Crippen molar-refractivity contribution in [2.75, 3.05) is 32.1 Å². The minimum atomic E-state index is -0.0883. The Bertz CT molecular complexity index is 972. The molecule has 1 aliphatic heterocycles. The van der Waals surface area contributed by atoms with E-state index in [2.05, 4.69) is 66.4 Å². The lowest BCUT2D eigenvalue weighted by Crippen LogP contribution is -2.67. The number of anilines is 1. The monoisotopic (exact) mass is 416 g/mol.